The lowest BCUT2D eigenvalue weighted by Crippen LogP contribution is -2.49. The summed E-state index contributed by atoms with van der Waals surface area (Å²) in [6.45, 7) is 4.35. The Balaban J connectivity index is 1.43. The lowest BCUT2D eigenvalue weighted by molar-refractivity contribution is 0.0663. The molecule has 3 rings (SSSR count). The van der Waals surface area contributed by atoms with Crippen molar-refractivity contribution in [2.24, 2.45) is 0 Å². The van der Waals surface area contributed by atoms with Crippen molar-refractivity contribution in [2.75, 3.05) is 51.3 Å². The maximum absolute atomic E-state index is 10.8. The Kier molecular flexibility index (Phi) is 6.68. The summed E-state index contributed by atoms with van der Waals surface area (Å²) in [5, 5.41) is 10.3. The molecule has 1 heterocycles. The molecule has 2 aromatic carbocycles. The van der Waals surface area contributed by atoms with Gasteiger partial charge in [-0.25, -0.2) is 0 Å². The minimum atomic E-state index is -0.576. The second-order valence-electron chi connectivity index (χ2n) is 6.64. The zero-order valence-electron chi connectivity index (χ0n) is 15.6. The van der Waals surface area contributed by atoms with Gasteiger partial charge in [-0.2, -0.15) is 0 Å². The smallest absolute Gasteiger partial charge is 0.150 e. The number of β-amino-alcohol motifs (C(OH)–C–C–N with tert-alkyl or cyclic N) is 1. The number of aldehydes is 1. The van der Waals surface area contributed by atoms with Gasteiger partial charge < -0.3 is 19.5 Å². The average Bonchev–Trinajstić information content (AvgIpc) is 2.73. The van der Waals surface area contributed by atoms with Crippen molar-refractivity contribution in [3.8, 4) is 11.5 Å². The van der Waals surface area contributed by atoms with Crippen molar-refractivity contribution in [2.45, 2.75) is 6.10 Å². The van der Waals surface area contributed by atoms with E-state index in [0.29, 0.717) is 17.9 Å². The first-order valence-electron chi connectivity index (χ1n) is 9.15. The predicted molar refractivity (Wildman–Crippen MR) is 105 cm³/mol. The maximum Gasteiger partial charge on any atom is 0.150 e. The van der Waals surface area contributed by atoms with Crippen LogP contribution in [0.3, 0.4) is 0 Å². The molecule has 0 spiro atoms. The number of hydrogen-bond donors (Lipinski definition) is 1. The summed E-state index contributed by atoms with van der Waals surface area (Å²) in [6.07, 6.45) is 0.207. The van der Waals surface area contributed by atoms with E-state index in [-0.39, 0.29) is 6.61 Å². The third-order valence-corrected chi connectivity index (χ3v) is 4.70. The summed E-state index contributed by atoms with van der Waals surface area (Å²) >= 11 is 0. The fourth-order valence-corrected chi connectivity index (χ4v) is 3.22. The van der Waals surface area contributed by atoms with E-state index in [1.807, 2.05) is 18.2 Å². The van der Waals surface area contributed by atoms with E-state index in [1.165, 1.54) is 0 Å². The Morgan fingerprint density at radius 1 is 1.07 bits per heavy atom. The highest BCUT2D eigenvalue weighted by atomic mass is 16.5. The molecule has 1 aliphatic heterocycles. The summed E-state index contributed by atoms with van der Waals surface area (Å²) < 4.78 is 10.9. The van der Waals surface area contributed by atoms with Gasteiger partial charge in [0.05, 0.1) is 7.11 Å². The third kappa shape index (κ3) is 5.45. The number of ether oxygens (including phenoxy) is 2. The molecule has 1 aliphatic rings. The highest BCUT2D eigenvalue weighted by Crippen LogP contribution is 2.22. The summed E-state index contributed by atoms with van der Waals surface area (Å²) in [6, 6.07) is 15.0. The van der Waals surface area contributed by atoms with Crippen molar-refractivity contribution in [1.82, 2.24) is 4.90 Å². The van der Waals surface area contributed by atoms with E-state index >= 15 is 0 Å². The van der Waals surface area contributed by atoms with Crippen LogP contribution in [0.1, 0.15) is 10.4 Å². The first-order chi connectivity index (χ1) is 13.2. The van der Waals surface area contributed by atoms with Crippen molar-refractivity contribution in [3.05, 3.63) is 54.1 Å². The zero-order valence-corrected chi connectivity index (χ0v) is 15.6. The molecule has 0 saturated carbocycles. The number of aliphatic hydroxyl groups is 1. The molecule has 144 valence electrons. The van der Waals surface area contributed by atoms with E-state index in [2.05, 4.69) is 15.9 Å². The molecule has 27 heavy (non-hydrogen) atoms. The van der Waals surface area contributed by atoms with Crippen LogP contribution in [0.2, 0.25) is 0 Å². The molecule has 0 bridgehead atoms. The SMILES string of the molecule is COc1cccc(N2CCN(CC(O)COc3cccc(C=O)c3)CC2)c1. The maximum atomic E-state index is 10.8. The summed E-state index contributed by atoms with van der Waals surface area (Å²) in [5.41, 5.74) is 1.73. The van der Waals surface area contributed by atoms with Gasteiger partial charge in [-0.1, -0.05) is 18.2 Å². The zero-order chi connectivity index (χ0) is 19.1. The van der Waals surface area contributed by atoms with Crippen LogP contribution in [0.25, 0.3) is 0 Å². The van der Waals surface area contributed by atoms with Crippen molar-refractivity contribution < 1.29 is 19.4 Å². The van der Waals surface area contributed by atoms with Gasteiger partial charge >= 0.3 is 0 Å². The lowest BCUT2D eigenvalue weighted by atomic mass is 10.2. The minimum Gasteiger partial charge on any atom is -0.497 e. The van der Waals surface area contributed by atoms with E-state index in [4.69, 9.17) is 9.47 Å². The molecule has 0 amide bonds. The van der Waals surface area contributed by atoms with Crippen LogP contribution in [-0.4, -0.2) is 68.8 Å². The number of piperazine rings is 1. The second-order valence-corrected chi connectivity index (χ2v) is 6.64. The van der Waals surface area contributed by atoms with Gasteiger partial charge in [0, 0.05) is 50.0 Å². The number of nitrogens with zero attached hydrogens (tertiary/aromatic N) is 2. The Hall–Kier alpha value is -2.57. The summed E-state index contributed by atoms with van der Waals surface area (Å²) in [5.74, 6) is 1.46. The molecule has 1 fully saturated rings. The molecule has 0 aliphatic carbocycles. The molecule has 0 radical (unpaired) electrons. The molecule has 0 aromatic heterocycles. The highest BCUT2D eigenvalue weighted by molar-refractivity contribution is 5.75. The van der Waals surface area contributed by atoms with Crippen LogP contribution < -0.4 is 14.4 Å². The largest absolute Gasteiger partial charge is 0.497 e. The van der Waals surface area contributed by atoms with E-state index in [0.717, 1.165) is 43.9 Å². The topological polar surface area (TPSA) is 62.2 Å². The third-order valence-electron chi connectivity index (χ3n) is 4.70. The van der Waals surface area contributed by atoms with Crippen LogP contribution in [-0.2, 0) is 0 Å². The van der Waals surface area contributed by atoms with Crippen LogP contribution in [0.4, 0.5) is 5.69 Å². The van der Waals surface area contributed by atoms with Crippen LogP contribution >= 0.6 is 0 Å². The van der Waals surface area contributed by atoms with Gasteiger partial charge in [0.15, 0.2) is 0 Å². The van der Waals surface area contributed by atoms with Crippen molar-refractivity contribution in [1.29, 1.82) is 0 Å². The van der Waals surface area contributed by atoms with Gasteiger partial charge in [0.25, 0.3) is 0 Å². The standard InChI is InChI=1S/C21H26N2O4/c1-26-20-6-3-5-18(13-20)23-10-8-22(9-11-23)14-19(25)16-27-21-7-2-4-17(12-21)15-24/h2-7,12-13,15,19,25H,8-11,14,16H2,1H3. The molecular weight excluding hydrogens is 344 g/mol. The number of methoxy groups -OCH3 is 1. The lowest BCUT2D eigenvalue weighted by Gasteiger charge is -2.37. The molecule has 2 aromatic rings. The molecule has 1 saturated heterocycles. The van der Waals surface area contributed by atoms with Crippen molar-refractivity contribution in [3.63, 3.8) is 0 Å². The Bertz CT molecular complexity index is 744. The first-order valence-corrected chi connectivity index (χ1v) is 9.15. The van der Waals surface area contributed by atoms with Gasteiger partial charge in [-0.15, -0.1) is 0 Å². The fourth-order valence-electron chi connectivity index (χ4n) is 3.22. The Morgan fingerprint density at radius 3 is 2.56 bits per heavy atom. The average molecular weight is 370 g/mol. The monoisotopic (exact) mass is 370 g/mol. The summed E-state index contributed by atoms with van der Waals surface area (Å²) in [4.78, 5) is 15.4. The predicted octanol–water partition coefficient (Wildman–Crippen LogP) is 2.07. The number of carbonyl (C=O) groups excluding carboxylic acids is 1. The number of anilines is 1. The van der Waals surface area contributed by atoms with Gasteiger partial charge in [0.1, 0.15) is 30.5 Å². The Morgan fingerprint density at radius 2 is 1.81 bits per heavy atom. The molecule has 1 N–H and O–H groups in total. The van der Waals surface area contributed by atoms with E-state index in [9.17, 15) is 9.90 Å². The van der Waals surface area contributed by atoms with E-state index < -0.39 is 6.10 Å². The van der Waals surface area contributed by atoms with Gasteiger partial charge in [-0.05, 0) is 24.3 Å². The normalized spacial score (nSPS) is 16.0. The fraction of sp³-hybridized carbons (Fsp3) is 0.381. The number of aliphatic hydroxyl groups excluding tert-OH is 1. The molecule has 1 atom stereocenters. The van der Waals surface area contributed by atoms with Gasteiger partial charge in [-0.3, -0.25) is 9.69 Å². The number of benzene rings is 2. The van der Waals surface area contributed by atoms with Crippen LogP contribution in [0.5, 0.6) is 11.5 Å². The van der Waals surface area contributed by atoms with Crippen molar-refractivity contribution >= 4 is 12.0 Å². The number of hydrogen-bond acceptors (Lipinski definition) is 6. The van der Waals surface area contributed by atoms with Crippen LogP contribution in [0.15, 0.2) is 48.5 Å². The molecular formula is C21H26N2O4. The molecule has 6 heteroatoms. The quantitative estimate of drug-likeness (QED) is 0.718. The van der Waals surface area contributed by atoms with Crippen LogP contribution in [0, 0.1) is 0 Å². The Labute approximate surface area is 159 Å². The number of carbonyl (C=O) groups is 1. The first kappa shape index (κ1) is 19.2. The number of rotatable bonds is 8. The molecule has 6 nitrogen and oxygen atoms in total. The summed E-state index contributed by atoms with van der Waals surface area (Å²) in [7, 11) is 1.68. The van der Waals surface area contributed by atoms with Gasteiger partial charge in [0.2, 0.25) is 0 Å². The second kappa shape index (κ2) is 9.39. The minimum absolute atomic E-state index is 0.207. The molecule has 1 unspecified atom stereocenters. The highest BCUT2D eigenvalue weighted by Gasteiger charge is 2.20. The van der Waals surface area contributed by atoms with E-state index in [1.54, 1.807) is 31.4 Å².